The Kier molecular flexibility index (Phi) is 6.43. The molecule has 8 heteroatoms. The third-order valence-electron chi connectivity index (χ3n) is 4.36. The number of aromatic amines is 1. The molecule has 0 spiro atoms. The summed E-state index contributed by atoms with van der Waals surface area (Å²) in [5, 5.41) is 11.2. The molecule has 0 radical (unpaired) electrons. The molecule has 0 atom stereocenters. The zero-order chi connectivity index (χ0) is 21.0. The number of ether oxygens (including phenoxy) is 2. The van der Waals surface area contributed by atoms with Crippen LogP contribution in [-0.4, -0.2) is 28.2 Å². The normalized spacial score (nSPS) is 11.4. The van der Waals surface area contributed by atoms with Crippen LogP contribution in [-0.2, 0) is 6.61 Å². The molecule has 0 amide bonds. The highest BCUT2D eigenvalue weighted by atomic mass is 32.1. The minimum Gasteiger partial charge on any atom is -0.494 e. The average Bonchev–Trinajstić information content (AvgIpc) is 3.04. The van der Waals surface area contributed by atoms with Gasteiger partial charge in [-0.2, -0.15) is 14.9 Å². The van der Waals surface area contributed by atoms with Crippen LogP contribution in [0.1, 0.15) is 42.3 Å². The molecule has 0 aliphatic carbocycles. The first-order valence-corrected chi connectivity index (χ1v) is 9.57. The van der Waals surface area contributed by atoms with Crippen molar-refractivity contribution in [3.63, 3.8) is 0 Å². The minimum absolute atomic E-state index is 0.176. The van der Waals surface area contributed by atoms with Crippen molar-refractivity contribution < 1.29 is 13.9 Å². The standard InChI is InChI=1S/C21H23FN4O2S/c1-13(2)16-7-5-14(3)9-19(16)28-12-20-24-25-21(29)26(20)23-11-15-6-8-18(27-4)17(22)10-15/h5-11,13H,12H2,1-4H3,(H,25,29)/b23-11-. The van der Waals surface area contributed by atoms with E-state index in [-0.39, 0.29) is 12.4 Å². The molecule has 29 heavy (non-hydrogen) atoms. The van der Waals surface area contributed by atoms with Crippen LogP contribution in [0.15, 0.2) is 41.5 Å². The summed E-state index contributed by atoms with van der Waals surface area (Å²) in [5.41, 5.74) is 2.80. The van der Waals surface area contributed by atoms with Crippen molar-refractivity contribution in [2.75, 3.05) is 7.11 Å². The van der Waals surface area contributed by atoms with Crippen molar-refractivity contribution in [2.24, 2.45) is 5.10 Å². The van der Waals surface area contributed by atoms with Gasteiger partial charge in [-0.15, -0.1) is 0 Å². The van der Waals surface area contributed by atoms with Crippen molar-refractivity contribution in [2.45, 2.75) is 33.3 Å². The monoisotopic (exact) mass is 414 g/mol. The van der Waals surface area contributed by atoms with Gasteiger partial charge >= 0.3 is 0 Å². The average molecular weight is 415 g/mol. The summed E-state index contributed by atoms with van der Waals surface area (Å²) in [6.07, 6.45) is 1.50. The van der Waals surface area contributed by atoms with Crippen molar-refractivity contribution in [1.82, 2.24) is 14.9 Å². The summed E-state index contributed by atoms with van der Waals surface area (Å²) in [7, 11) is 1.42. The molecular weight excluding hydrogens is 391 g/mol. The van der Waals surface area contributed by atoms with Crippen LogP contribution in [0.3, 0.4) is 0 Å². The van der Waals surface area contributed by atoms with Crippen molar-refractivity contribution in [1.29, 1.82) is 0 Å². The summed E-state index contributed by atoms with van der Waals surface area (Å²) >= 11 is 5.25. The first kappa shape index (κ1) is 20.7. The topological polar surface area (TPSA) is 64.4 Å². The van der Waals surface area contributed by atoms with E-state index in [0.717, 1.165) is 16.9 Å². The van der Waals surface area contributed by atoms with Gasteiger partial charge in [-0.1, -0.05) is 26.0 Å². The third-order valence-corrected chi connectivity index (χ3v) is 4.63. The van der Waals surface area contributed by atoms with E-state index in [4.69, 9.17) is 21.7 Å². The van der Waals surface area contributed by atoms with Crippen LogP contribution in [0.2, 0.25) is 0 Å². The Morgan fingerprint density at radius 1 is 1.24 bits per heavy atom. The van der Waals surface area contributed by atoms with E-state index in [2.05, 4.69) is 41.3 Å². The number of methoxy groups -OCH3 is 1. The van der Waals surface area contributed by atoms with Gasteiger partial charge in [0.05, 0.1) is 13.3 Å². The summed E-state index contributed by atoms with van der Waals surface area (Å²) in [4.78, 5) is 0. The lowest BCUT2D eigenvalue weighted by Crippen LogP contribution is -2.06. The largest absolute Gasteiger partial charge is 0.494 e. The van der Waals surface area contributed by atoms with E-state index in [9.17, 15) is 4.39 Å². The first-order chi connectivity index (χ1) is 13.9. The van der Waals surface area contributed by atoms with Crippen LogP contribution in [0.4, 0.5) is 4.39 Å². The molecule has 1 N–H and O–H groups in total. The lowest BCUT2D eigenvalue weighted by Gasteiger charge is -2.14. The summed E-state index contributed by atoms with van der Waals surface area (Å²) in [6, 6.07) is 10.7. The van der Waals surface area contributed by atoms with Gasteiger partial charge in [0.1, 0.15) is 12.4 Å². The third kappa shape index (κ3) is 4.89. The number of halogens is 1. The number of benzene rings is 2. The number of hydrogen-bond donors (Lipinski definition) is 1. The van der Waals surface area contributed by atoms with Gasteiger partial charge in [-0.25, -0.2) is 9.49 Å². The Bertz CT molecular complexity index is 1090. The summed E-state index contributed by atoms with van der Waals surface area (Å²) < 4.78 is 26.6. The van der Waals surface area contributed by atoms with Crippen molar-refractivity contribution in [3.8, 4) is 11.5 Å². The van der Waals surface area contributed by atoms with Crippen LogP contribution >= 0.6 is 12.2 Å². The number of hydrogen-bond acceptors (Lipinski definition) is 5. The molecule has 152 valence electrons. The van der Waals surface area contributed by atoms with Gasteiger partial charge in [-0.3, -0.25) is 0 Å². The molecule has 0 saturated carbocycles. The van der Waals surface area contributed by atoms with Gasteiger partial charge in [0.2, 0.25) is 4.77 Å². The Morgan fingerprint density at radius 3 is 2.72 bits per heavy atom. The molecule has 0 bridgehead atoms. The molecule has 0 saturated heterocycles. The Hall–Kier alpha value is -3.00. The molecule has 3 rings (SSSR count). The van der Waals surface area contributed by atoms with Crippen LogP contribution in [0, 0.1) is 17.5 Å². The second-order valence-electron chi connectivity index (χ2n) is 6.88. The Balaban J connectivity index is 1.81. The summed E-state index contributed by atoms with van der Waals surface area (Å²) in [6.45, 7) is 6.44. The predicted molar refractivity (Wildman–Crippen MR) is 113 cm³/mol. The highest BCUT2D eigenvalue weighted by Crippen LogP contribution is 2.28. The lowest BCUT2D eigenvalue weighted by atomic mass is 10.0. The molecule has 0 fully saturated rings. The minimum atomic E-state index is -0.462. The van der Waals surface area contributed by atoms with E-state index in [1.165, 1.54) is 24.1 Å². The van der Waals surface area contributed by atoms with E-state index >= 15 is 0 Å². The van der Waals surface area contributed by atoms with E-state index in [1.807, 2.05) is 13.0 Å². The fraction of sp³-hybridized carbons (Fsp3) is 0.286. The maximum absolute atomic E-state index is 13.9. The number of nitrogens with zero attached hydrogens (tertiary/aromatic N) is 3. The van der Waals surface area contributed by atoms with Gasteiger partial charge in [-0.05, 0) is 66.0 Å². The van der Waals surface area contributed by atoms with Gasteiger partial charge in [0, 0.05) is 0 Å². The second kappa shape index (κ2) is 9.00. The first-order valence-electron chi connectivity index (χ1n) is 9.16. The number of nitrogens with one attached hydrogen (secondary N) is 1. The SMILES string of the molecule is COc1ccc(/C=N\n2c(COc3cc(C)ccc3C(C)C)n[nH]c2=S)cc1F. The van der Waals surface area contributed by atoms with E-state index in [1.54, 1.807) is 12.1 Å². The molecule has 2 aromatic carbocycles. The lowest BCUT2D eigenvalue weighted by molar-refractivity contribution is 0.286. The number of aryl methyl sites for hydroxylation is 1. The summed E-state index contributed by atoms with van der Waals surface area (Å²) in [5.74, 6) is 1.36. The smallest absolute Gasteiger partial charge is 0.216 e. The molecule has 6 nitrogen and oxygen atoms in total. The predicted octanol–water partition coefficient (Wildman–Crippen LogP) is 4.98. The van der Waals surface area contributed by atoms with E-state index in [0.29, 0.717) is 22.1 Å². The van der Waals surface area contributed by atoms with Crippen LogP contribution < -0.4 is 9.47 Å². The fourth-order valence-electron chi connectivity index (χ4n) is 2.81. The zero-order valence-electron chi connectivity index (χ0n) is 16.8. The highest BCUT2D eigenvalue weighted by Gasteiger charge is 2.11. The van der Waals surface area contributed by atoms with Crippen LogP contribution in [0.25, 0.3) is 0 Å². The molecule has 1 aromatic heterocycles. The maximum Gasteiger partial charge on any atom is 0.216 e. The zero-order valence-corrected chi connectivity index (χ0v) is 17.6. The van der Waals surface area contributed by atoms with Gasteiger partial charge in [0.25, 0.3) is 0 Å². The number of aromatic nitrogens is 3. The van der Waals surface area contributed by atoms with E-state index < -0.39 is 5.82 Å². The van der Waals surface area contributed by atoms with Crippen LogP contribution in [0.5, 0.6) is 11.5 Å². The molecule has 0 unspecified atom stereocenters. The quantitative estimate of drug-likeness (QED) is 0.437. The van der Waals surface area contributed by atoms with Gasteiger partial charge < -0.3 is 9.47 Å². The maximum atomic E-state index is 13.9. The molecule has 0 aliphatic rings. The second-order valence-corrected chi connectivity index (χ2v) is 7.27. The molecular formula is C21H23FN4O2S. The fourth-order valence-corrected chi connectivity index (χ4v) is 3.01. The number of H-pyrrole nitrogens is 1. The Morgan fingerprint density at radius 2 is 2.03 bits per heavy atom. The van der Waals surface area contributed by atoms with Crippen molar-refractivity contribution in [3.05, 3.63) is 69.5 Å². The molecule has 3 aromatic rings. The van der Waals surface area contributed by atoms with Gasteiger partial charge in [0.15, 0.2) is 17.4 Å². The highest BCUT2D eigenvalue weighted by molar-refractivity contribution is 7.71. The Labute approximate surface area is 174 Å². The molecule has 1 heterocycles. The van der Waals surface area contributed by atoms with Crippen molar-refractivity contribution >= 4 is 18.4 Å². The molecule has 0 aliphatic heterocycles. The number of rotatable bonds is 7.